The van der Waals surface area contributed by atoms with Gasteiger partial charge in [0, 0.05) is 28.7 Å². The van der Waals surface area contributed by atoms with Gasteiger partial charge in [-0.3, -0.25) is 9.55 Å². The van der Waals surface area contributed by atoms with Crippen molar-refractivity contribution < 1.29 is 4.42 Å². The Kier molecular flexibility index (Phi) is 5.31. The van der Waals surface area contributed by atoms with Gasteiger partial charge in [0.05, 0.1) is 17.4 Å². The summed E-state index contributed by atoms with van der Waals surface area (Å²) in [7, 11) is 0. The maximum absolute atomic E-state index is 6.10. The van der Waals surface area contributed by atoms with Gasteiger partial charge in [-0.05, 0) is 70.5 Å². The maximum atomic E-state index is 6.10. The first-order chi connectivity index (χ1) is 18.9. The predicted molar refractivity (Wildman–Crippen MR) is 160 cm³/mol. The summed E-state index contributed by atoms with van der Waals surface area (Å²) in [6, 6.07) is 21.5. The number of furan rings is 1. The molecule has 0 spiro atoms. The van der Waals surface area contributed by atoms with Gasteiger partial charge in [0.1, 0.15) is 16.9 Å². The Labute approximate surface area is 227 Å². The fourth-order valence-corrected chi connectivity index (χ4v) is 6.02. The molecule has 4 heterocycles. The van der Waals surface area contributed by atoms with Gasteiger partial charge >= 0.3 is 0 Å². The number of pyridine rings is 2. The summed E-state index contributed by atoms with van der Waals surface area (Å²) in [6.07, 6.45) is 5.59. The molecule has 0 amide bonds. The molecular weight excluding hydrogens is 480 g/mol. The molecule has 0 fully saturated rings. The van der Waals surface area contributed by atoms with E-state index in [1.165, 1.54) is 33.2 Å². The lowest BCUT2D eigenvalue weighted by Gasteiger charge is -2.24. The lowest BCUT2D eigenvalue weighted by atomic mass is 9.87. The molecule has 192 valence electrons. The quantitative estimate of drug-likeness (QED) is 0.237. The number of hydrogen-bond acceptors (Lipinski definition) is 4. The molecular formula is C34H30N4O. The molecule has 7 aromatic rings. The van der Waals surface area contributed by atoms with Crippen LogP contribution in [-0.2, 0) is 0 Å². The molecule has 0 aliphatic carbocycles. The lowest BCUT2D eigenvalue weighted by molar-refractivity contribution is 0.654. The van der Waals surface area contributed by atoms with E-state index in [1.807, 2.05) is 30.7 Å². The standard InChI is InChI=1S/C34H30N4O/c1-19(2)25-15-22-10-6-7-11-24(22)30(20(3)4)32(25)38-28-13-14-35-18-27(28)37-33(38)23-16-26-31-21(5)9-8-12-29(31)39-34(26)36-17-23/h6-20H,1-5H3. The van der Waals surface area contributed by atoms with Gasteiger partial charge in [0.2, 0.25) is 5.71 Å². The fourth-order valence-electron chi connectivity index (χ4n) is 6.02. The third kappa shape index (κ3) is 3.57. The fraction of sp³-hybridized carbons (Fsp3) is 0.206. The number of imidazole rings is 1. The van der Waals surface area contributed by atoms with Crippen LogP contribution in [0.1, 0.15) is 56.2 Å². The summed E-state index contributed by atoms with van der Waals surface area (Å²) >= 11 is 0. The number of benzene rings is 3. The van der Waals surface area contributed by atoms with Crippen molar-refractivity contribution in [1.29, 1.82) is 0 Å². The average molecular weight is 511 g/mol. The zero-order valence-corrected chi connectivity index (χ0v) is 22.9. The van der Waals surface area contributed by atoms with Gasteiger partial charge in [0.25, 0.3) is 0 Å². The van der Waals surface area contributed by atoms with E-state index < -0.39 is 0 Å². The second-order valence-corrected chi connectivity index (χ2v) is 11.0. The van der Waals surface area contributed by atoms with Crippen LogP contribution in [-0.4, -0.2) is 19.5 Å². The van der Waals surface area contributed by atoms with Crippen molar-refractivity contribution in [2.45, 2.75) is 46.5 Å². The topological polar surface area (TPSA) is 56.7 Å². The lowest BCUT2D eigenvalue weighted by Crippen LogP contribution is -2.09. The minimum absolute atomic E-state index is 0.303. The molecule has 7 rings (SSSR count). The van der Waals surface area contributed by atoms with Crippen molar-refractivity contribution in [3.05, 3.63) is 95.9 Å². The summed E-state index contributed by atoms with van der Waals surface area (Å²) in [6.45, 7) is 11.2. The van der Waals surface area contributed by atoms with Crippen LogP contribution in [0.25, 0.3) is 61.0 Å². The van der Waals surface area contributed by atoms with Gasteiger partial charge in [-0.1, -0.05) is 64.1 Å². The number of aryl methyl sites for hydroxylation is 1. The van der Waals surface area contributed by atoms with Crippen molar-refractivity contribution in [3.63, 3.8) is 0 Å². The van der Waals surface area contributed by atoms with Crippen molar-refractivity contribution in [2.75, 3.05) is 0 Å². The molecule has 0 radical (unpaired) electrons. The molecule has 5 nitrogen and oxygen atoms in total. The molecule has 0 aliphatic heterocycles. The summed E-state index contributed by atoms with van der Waals surface area (Å²) in [4.78, 5) is 14.3. The molecule has 0 atom stereocenters. The Morgan fingerprint density at radius 1 is 0.846 bits per heavy atom. The summed E-state index contributed by atoms with van der Waals surface area (Å²) in [5, 5.41) is 4.65. The number of nitrogens with zero attached hydrogens (tertiary/aromatic N) is 4. The number of rotatable bonds is 4. The molecule has 39 heavy (non-hydrogen) atoms. The number of aromatic nitrogens is 4. The molecule has 0 saturated heterocycles. The average Bonchev–Trinajstić information content (AvgIpc) is 3.50. The van der Waals surface area contributed by atoms with E-state index in [2.05, 4.69) is 92.7 Å². The third-order valence-electron chi connectivity index (χ3n) is 7.79. The molecule has 3 aromatic carbocycles. The van der Waals surface area contributed by atoms with E-state index in [1.54, 1.807) is 0 Å². The first-order valence-electron chi connectivity index (χ1n) is 13.6. The summed E-state index contributed by atoms with van der Waals surface area (Å²) in [5.41, 5.74) is 9.33. The van der Waals surface area contributed by atoms with Crippen LogP contribution in [0.3, 0.4) is 0 Å². The monoisotopic (exact) mass is 510 g/mol. The Morgan fingerprint density at radius 2 is 1.69 bits per heavy atom. The van der Waals surface area contributed by atoms with Crippen LogP contribution in [0.5, 0.6) is 0 Å². The number of hydrogen-bond donors (Lipinski definition) is 0. The van der Waals surface area contributed by atoms with Crippen LogP contribution in [0.2, 0.25) is 0 Å². The van der Waals surface area contributed by atoms with Crippen LogP contribution >= 0.6 is 0 Å². The molecule has 0 bridgehead atoms. The van der Waals surface area contributed by atoms with E-state index in [0.29, 0.717) is 17.5 Å². The second-order valence-electron chi connectivity index (χ2n) is 11.0. The third-order valence-corrected chi connectivity index (χ3v) is 7.79. The highest BCUT2D eigenvalue weighted by Crippen LogP contribution is 2.41. The molecule has 0 N–H and O–H groups in total. The highest BCUT2D eigenvalue weighted by atomic mass is 16.3. The van der Waals surface area contributed by atoms with Gasteiger partial charge in [0.15, 0.2) is 0 Å². The van der Waals surface area contributed by atoms with E-state index in [-0.39, 0.29) is 0 Å². The van der Waals surface area contributed by atoms with Gasteiger partial charge in [-0.25, -0.2) is 9.97 Å². The molecule has 0 unspecified atom stereocenters. The van der Waals surface area contributed by atoms with Crippen molar-refractivity contribution >= 4 is 43.9 Å². The van der Waals surface area contributed by atoms with Crippen molar-refractivity contribution in [1.82, 2.24) is 19.5 Å². The van der Waals surface area contributed by atoms with E-state index >= 15 is 0 Å². The van der Waals surface area contributed by atoms with E-state index in [0.717, 1.165) is 38.8 Å². The molecule has 4 aromatic heterocycles. The highest BCUT2D eigenvalue weighted by Gasteiger charge is 2.25. The van der Waals surface area contributed by atoms with Crippen molar-refractivity contribution in [2.24, 2.45) is 0 Å². The summed E-state index contributed by atoms with van der Waals surface area (Å²) in [5.74, 6) is 1.47. The molecule has 5 heteroatoms. The highest BCUT2D eigenvalue weighted by molar-refractivity contribution is 6.06. The summed E-state index contributed by atoms with van der Waals surface area (Å²) < 4.78 is 8.44. The maximum Gasteiger partial charge on any atom is 0.227 e. The molecule has 0 saturated carbocycles. The van der Waals surface area contributed by atoms with Gasteiger partial charge in [-0.15, -0.1) is 0 Å². The normalized spacial score (nSPS) is 12.2. The predicted octanol–water partition coefficient (Wildman–Crippen LogP) is 9.09. The van der Waals surface area contributed by atoms with Crippen LogP contribution < -0.4 is 0 Å². The van der Waals surface area contributed by atoms with E-state index in [4.69, 9.17) is 14.4 Å². The molecule has 0 aliphatic rings. The van der Waals surface area contributed by atoms with E-state index in [9.17, 15) is 0 Å². The first-order valence-corrected chi connectivity index (χ1v) is 13.6. The minimum atomic E-state index is 0.303. The second kappa shape index (κ2) is 8.77. The van der Waals surface area contributed by atoms with Crippen molar-refractivity contribution in [3.8, 4) is 17.1 Å². The largest absolute Gasteiger partial charge is 0.438 e. The first kappa shape index (κ1) is 23.6. The van der Waals surface area contributed by atoms with Gasteiger partial charge < -0.3 is 4.42 Å². The zero-order chi connectivity index (χ0) is 26.8. The number of fused-ring (bicyclic) bond motifs is 5. The van der Waals surface area contributed by atoms with Crippen LogP contribution in [0, 0.1) is 6.92 Å². The van der Waals surface area contributed by atoms with Crippen LogP contribution in [0.4, 0.5) is 0 Å². The van der Waals surface area contributed by atoms with Gasteiger partial charge in [-0.2, -0.15) is 0 Å². The zero-order valence-electron chi connectivity index (χ0n) is 22.9. The minimum Gasteiger partial charge on any atom is -0.438 e. The Morgan fingerprint density at radius 3 is 2.51 bits per heavy atom. The Bertz CT molecular complexity index is 2040. The van der Waals surface area contributed by atoms with Crippen LogP contribution in [0.15, 0.2) is 83.7 Å². The Balaban J connectivity index is 1.62. The Hall–Kier alpha value is -4.51. The smallest absolute Gasteiger partial charge is 0.227 e. The SMILES string of the molecule is Cc1cccc2oc3ncc(-c4nc5cnccc5n4-c4c(C(C)C)cc5ccccc5c4C(C)C)cc3c12.